The average molecular weight is 404 g/mol. The monoisotopic (exact) mass is 404 g/mol. The quantitative estimate of drug-likeness (QED) is 0.709. The fourth-order valence-electron chi connectivity index (χ4n) is 4.55. The summed E-state index contributed by atoms with van der Waals surface area (Å²) in [4.78, 5) is 15.3. The van der Waals surface area contributed by atoms with Gasteiger partial charge in [-0.3, -0.25) is 4.79 Å². The second kappa shape index (κ2) is 7.94. The van der Waals surface area contributed by atoms with Crippen molar-refractivity contribution in [3.05, 3.63) is 77.4 Å². The minimum absolute atomic E-state index is 0.00590. The van der Waals surface area contributed by atoms with Crippen molar-refractivity contribution < 1.29 is 9.18 Å². The number of hydrogen-bond donors (Lipinski definition) is 1. The van der Waals surface area contributed by atoms with Crippen LogP contribution in [0, 0.1) is 5.82 Å². The van der Waals surface area contributed by atoms with Crippen molar-refractivity contribution in [2.24, 2.45) is 0 Å². The molecule has 1 aromatic heterocycles. The summed E-state index contributed by atoms with van der Waals surface area (Å²) < 4.78 is 15.2. The van der Waals surface area contributed by atoms with E-state index in [4.69, 9.17) is 5.10 Å². The Morgan fingerprint density at radius 2 is 1.80 bits per heavy atom. The van der Waals surface area contributed by atoms with Crippen LogP contribution in [0.25, 0.3) is 5.69 Å². The maximum Gasteiger partial charge on any atom is 0.274 e. The van der Waals surface area contributed by atoms with E-state index >= 15 is 0 Å². The SMILES string of the molecule is O=C(c1nn(-c2ccc(F)cc2)c2c1CCCC2)N1CCC(Nc2ccccc2)C1. The Kier molecular flexibility index (Phi) is 4.99. The Bertz CT molecular complexity index is 1050. The molecule has 1 N–H and O–H groups in total. The number of amides is 1. The van der Waals surface area contributed by atoms with Gasteiger partial charge in [-0.15, -0.1) is 0 Å². The summed E-state index contributed by atoms with van der Waals surface area (Å²) >= 11 is 0. The summed E-state index contributed by atoms with van der Waals surface area (Å²) in [6.45, 7) is 1.40. The summed E-state index contributed by atoms with van der Waals surface area (Å²) in [5.41, 5.74) is 4.60. The van der Waals surface area contributed by atoms with E-state index in [9.17, 15) is 9.18 Å². The number of likely N-dealkylation sites (tertiary alicyclic amines) is 1. The predicted octanol–water partition coefficient (Wildman–Crippen LogP) is 4.22. The number of benzene rings is 2. The fourth-order valence-corrected chi connectivity index (χ4v) is 4.55. The minimum Gasteiger partial charge on any atom is -0.380 e. The van der Waals surface area contributed by atoms with E-state index in [0.29, 0.717) is 12.2 Å². The number of anilines is 1. The van der Waals surface area contributed by atoms with E-state index < -0.39 is 0 Å². The van der Waals surface area contributed by atoms with E-state index in [2.05, 4.69) is 5.32 Å². The van der Waals surface area contributed by atoms with Crippen molar-refractivity contribution in [3.8, 4) is 5.69 Å². The van der Waals surface area contributed by atoms with Crippen LogP contribution in [-0.4, -0.2) is 39.7 Å². The number of nitrogens with one attached hydrogen (secondary N) is 1. The Hall–Kier alpha value is -3.15. The Morgan fingerprint density at radius 3 is 2.60 bits per heavy atom. The third-order valence-corrected chi connectivity index (χ3v) is 6.07. The third kappa shape index (κ3) is 3.58. The van der Waals surface area contributed by atoms with Gasteiger partial charge in [0.2, 0.25) is 0 Å². The van der Waals surface area contributed by atoms with Crippen molar-refractivity contribution in [3.63, 3.8) is 0 Å². The van der Waals surface area contributed by atoms with Gasteiger partial charge in [-0.05, 0) is 68.5 Å². The van der Waals surface area contributed by atoms with Crippen LogP contribution < -0.4 is 5.32 Å². The molecule has 1 atom stereocenters. The molecule has 3 aromatic rings. The standard InChI is InChI=1S/C24H25FN4O/c25-17-10-12-20(13-11-17)29-22-9-5-4-8-21(22)23(27-29)24(30)28-15-14-19(16-28)26-18-6-2-1-3-7-18/h1-3,6-7,10-13,19,26H,4-5,8-9,14-16H2. The molecule has 1 unspecified atom stereocenters. The molecule has 0 bridgehead atoms. The molecular formula is C24H25FN4O. The number of carbonyl (C=O) groups is 1. The summed E-state index contributed by atoms with van der Waals surface area (Å²) in [6.07, 6.45) is 4.84. The highest BCUT2D eigenvalue weighted by molar-refractivity contribution is 5.94. The summed E-state index contributed by atoms with van der Waals surface area (Å²) in [6, 6.07) is 16.7. The maximum absolute atomic E-state index is 13.4. The molecule has 0 spiro atoms. The zero-order valence-electron chi connectivity index (χ0n) is 16.9. The molecule has 1 saturated heterocycles. The molecule has 1 fully saturated rings. The lowest BCUT2D eigenvalue weighted by Crippen LogP contribution is -2.32. The first-order valence-electron chi connectivity index (χ1n) is 10.7. The number of hydrogen-bond acceptors (Lipinski definition) is 3. The third-order valence-electron chi connectivity index (χ3n) is 6.07. The van der Waals surface area contributed by atoms with Crippen LogP contribution in [0.2, 0.25) is 0 Å². The van der Waals surface area contributed by atoms with Crippen LogP contribution >= 0.6 is 0 Å². The molecule has 0 radical (unpaired) electrons. The first-order valence-corrected chi connectivity index (χ1v) is 10.7. The van der Waals surface area contributed by atoms with Gasteiger partial charge in [0, 0.05) is 36.1 Å². The molecule has 2 aliphatic rings. The number of fused-ring (bicyclic) bond motifs is 1. The molecule has 30 heavy (non-hydrogen) atoms. The molecule has 2 heterocycles. The molecule has 1 amide bonds. The number of halogens is 1. The van der Waals surface area contributed by atoms with Crippen molar-refractivity contribution in [1.82, 2.24) is 14.7 Å². The highest BCUT2D eigenvalue weighted by Crippen LogP contribution is 2.29. The molecule has 5 nitrogen and oxygen atoms in total. The number of nitrogens with zero attached hydrogens (tertiary/aromatic N) is 3. The highest BCUT2D eigenvalue weighted by atomic mass is 19.1. The van der Waals surface area contributed by atoms with E-state index in [-0.39, 0.29) is 17.8 Å². The normalized spacial score (nSPS) is 18.3. The molecule has 1 aliphatic heterocycles. The number of rotatable bonds is 4. The largest absolute Gasteiger partial charge is 0.380 e. The summed E-state index contributed by atoms with van der Waals surface area (Å²) in [5.74, 6) is -0.267. The number of aromatic nitrogens is 2. The first-order chi connectivity index (χ1) is 14.7. The van der Waals surface area contributed by atoms with E-state index in [0.717, 1.165) is 61.3 Å². The van der Waals surface area contributed by atoms with Crippen LogP contribution in [0.4, 0.5) is 10.1 Å². The van der Waals surface area contributed by atoms with Crippen molar-refractivity contribution >= 4 is 11.6 Å². The van der Waals surface area contributed by atoms with Gasteiger partial charge in [-0.2, -0.15) is 5.10 Å². The first kappa shape index (κ1) is 18.9. The van der Waals surface area contributed by atoms with E-state index in [1.54, 1.807) is 12.1 Å². The molecule has 5 rings (SSSR count). The lowest BCUT2D eigenvalue weighted by atomic mass is 9.95. The molecule has 154 valence electrons. The van der Waals surface area contributed by atoms with E-state index in [1.807, 2.05) is 39.9 Å². The molecule has 2 aromatic carbocycles. The highest BCUT2D eigenvalue weighted by Gasteiger charge is 2.32. The fraction of sp³-hybridized carbons (Fsp3) is 0.333. The van der Waals surface area contributed by atoms with Crippen molar-refractivity contribution in [1.29, 1.82) is 0 Å². The average Bonchev–Trinajstić information content (AvgIpc) is 3.40. The Labute approximate surface area is 175 Å². The van der Waals surface area contributed by atoms with Gasteiger partial charge >= 0.3 is 0 Å². The van der Waals surface area contributed by atoms with Crippen LogP contribution in [-0.2, 0) is 12.8 Å². The van der Waals surface area contributed by atoms with Gasteiger partial charge in [0.1, 0.15) is 5.82 Å². The predicted molar refractivity (Wildman–Crippen MR) is 115 cm³/mol. The van der Waals surface area contributed by atoms with Gasteiger partial charge in [0.25, 0.3) is 5.91 Å². The topological polar surface area (TPSA) is 50.2 Å². The van der Waals surface area contributed by atoms with Gasteiger partial charge in [0.05, 0.1) is 5.69 Å². The second-order valence-electron chi connectivity index (χ2n) is 8.12. The van der Waals surface area contributed by atoms with Gasteiger partial charge in [-0.25, -0.2) is 9.07 Å². The van der Waals surface area contributed by atoms with Gasteiger partial charge in [-0.1, -0.05) is 18.2 Å². The van der Waals surface area contributed by atoms with Crippen molar-refractivity contribution in [2.45, 2.75) is 38.1 Å². The summed E-state index contributed by atoms with van der Waals surface area (Å²) in [5, 5.41) is 8.25. The molecule has 6 heteroatoms. The van der Waals surface area contributed by atoms with Crippen LogP contribution in [0.5, 0.6) is 0 Å². The number of para-hydroxylation sites is 1. The zero-order valence-corrected chi connectivity index (χ0v) is 16.9. The van der Waals surface area contributed by atoms with Crippen LogP contribution in [0.3, 0.4) is 0 Å². The van der Waals surface area contributed by atoms with Crippen LogP contribution in [0.1, 0.15) is 41.0 Å². The smallest absolute Gasteiger partial charge is 0.274 e. The Balaban J connectivity index is 1.39. The Morgan fingerprint density at radius 1 is 1.03 bits per heavy atom. The second-order valence-corrected chi connectivity index (χ2v) is 8.12. The summed E-state index contributed by atoms with van der Waals surface area (Å²) in [7, 11) is 0. The molecule has 0 saturated carbocycles. The zero-order chi connectivity index (χ0) is 20.5. The van der Waals surface area contributed by atoms with Crippen LogP contribution in [0.15, 0.2) is 54.6 Å². The lowest BCUT2D eigenvalue weighted by Gasteiger charge is -2.18. The lowest BCUT2D eigenvalue weighted by molar-refractivity contribution is 0.0784. The molecule has 1 aliphatic carbocycles. The van der Waals surface area contributed by atoms with Gasteiger partial charge < -0.3 is 10.2 Å². The number of carbonyl (C=O) groups excluding carboxylic acids is 1. The van der Waals surface area contributed by atoms with Gasteiger partial charge in [0.15, 0.2) is 5.69 Å². The van der Waals surface area contributed by atoms with E-state index in [1.165, 1.54) is 12.1 Å². The molecular weight excluding hydrogens is 379 g/mol. The minimum atomic E-state index is -0.273. The maximum atomic E-state index is 13.4. The van der Waals surface area contributed by atoms with Crippen molar-refractivity contribution in [2.75, 3.05) is 18.4 Å².